The Bertz CT molecular complexity index is 1080. The fraction of sp³-hybridized carbons (Fsp3) is 0.345. The number of ether oxygens (including phenoxy) is 2. The smallest absolute Gasteiger partial charge is 0.251 e. The zero-order valence-corrected chi connectivity index (χ0v) is 19.5. The normalized spacial score (nSPS) is 18.4. The summed E-state index contributed by atoms with van der Waals surface area (Å²) in [6.07, 6.45) is 3.43. The van der Waals surface area contributed by atoms with Crippen molar-refractivity contribution in [3.63, 3.8) is 0 Å². The first-order chi connectivity index (χ1) is 16.7. The molecule has 0 radical (unpaired) electrons. The van der Waals surface area contributed by atoms with Crippen molar-refractivity contribution in [3.8, 4) is 22.6 Å². The third-order valence-electron chi connectivity index (χ3n) is 6.83. The predicted molar refractivity (Wildman–Crippen MR) is 134 cm³/mol. The molecule has 3 aromatic rings. The quantitative estimate of drug-likeness (QED) is 0.542. The Morgan fingerprint density at radius 2 is 1.53 bits per heavy atom. The van der Waals surface area contributed by atoms with Gasteiger partial charge in [-0.15, -0.1) is 0 Å². The van der Waals surface area contributed by atoms with Crippen molar-refractivity contribution in [2.75, 3.05) is 32.8 Å². The Hall–Kier alpha value is -3.31. The number of nitrogens with one attached hydrogen (secondary N) is 1. The average molecular weight is 457 g/mol. The van der Waals surface area contributed by atoms with Gasteiger partial charge in [0.25, 0.3) is 5.91 Å². The Morgan fingerprint density at radius 3 is 2.29 bits per heavy atom. The molecular formula is C29H32N2O3. The van der Waals surface area contributed by atoms with Crippen molar-refractivity contribution >= 4 is 5.91 Å². The third-order valence-corrected chi connectivity index (χ3v) is 6.83. The maximum atomic E-state index is 12.6. The van der Waals surface area contributed by atoms with E-state index in [2.05, 4.69) is 22.3 Å². The van der Waals surface area contributed by atoms with Gasteiger partial charge < -0.3 is 14.8 Å². The Labute approximate surface area is 201 Å². The number of nitrogens with zero attached hydrogens (tertiary/aromatic N) is 1. The summed E-state index contributed by atoms with van der Waals surface area (Å²) in [6, 6.07) is 25.9. The third kappa shape index (κ3) is 5.60. The van der Waals surface area contributed by atoms with Crippen LogP contribution in [0.25, 0.3) is 11.1 Å². The minimum absolute atomic E-state index is 0.00627. The molecule has 5 rings (SSSR count). The van der Waals surface area contributed by atoms with E-state index in [1.807, 2.05) is 66.7 Å². The Morgan fingerprint density at radius 1 is 0.853 bits per heavy atom. The lowest BCUT2D eigenvalue weighted by Gasteiger charge is -2.35. The molecule has 1 amide bonds. The monoisotopic (exact) mass is 456 g/mol. The van der Waals surface area contributed by atoms with Gasteiger partial charge in [0, 0.05) is 18.7 Å². The molecule has 34 heavy (non-hydrogen) atoms. The SMILES string of the molecule is O=C(NCCC1CCN(CC2COc3ccccc3O2)CC1)c1ccc(-c2ccccc2)cc1. The first-order valence-electron chi connectivity index (χ1n) is 12.3. The second kappa shape index (κ2) is 10.7. The molecule has 1 saturated heterocycles. The van der Waals surface area contributed by atoms with Crippen LogP contribution in [0.2, 0.25) is 0 Å². The van der Waals surface area contributed by atoms with Crippen LogP contribution < -0.4 is 14.8 Å². The molecule has 1 unspecified atom stereocenters. The minimum atomic E-state index is 0.00627. The number of hydrogen-bond donors (Lipinski definition) is 1. The molecule has 0 aromatic heterocycles. The number of piperidine rings is 1. The summed E-state index contributed by atoms with van der Waals surface area (Å²) in [5.41, 5.74) is 3.00. The fourth-order valence-electron chi connectivity index (χ4n) is 4.84. The van der Waals surface area contributed by atoms with Crippen LogP contribution in [0.3, 0.4) is 0 Å². The largest absolute Gasteiger partial charge is 0.486 e. The predicted octanol–water partition coefficient (Wildman–Crippen LogP) is 5.03. The van der Waals surface area contributed by atoms with Crippen LogP contribution in [0.15, 0.2) is 78.9 Å². The molecule has 3 aromatic carbocycles. The standard InChI is InChI=1S/C29H32N2O3/c32-29(25-12-10-24(11-13-25)23-6-2-1-3-7-23)30-17-14-22-15-18-31(19-16-22)20-26-21-33-27-8-4-5-9-28(27)34-26/h1-13,22,26H,14-21H2,(H,30,32). The molecule has 1 fully saturated rings. The maximum Gasteiger partial charge on any atom is 0.251 e. The summed E-state index contributed by atoms with van der Waals surface area (Å²) in [6.45, 7) is 4.37. The molecule has 2 heterocycles. The van der Waals surface area contributed by atoms with Crippen LogP contribution in [-0.4, -0.2) is 49.7 Å². The zero-order valence-electron chi connectivity index (χ0n) is 19.5. The number of amides is 1. The van der Waals surface area contributed by atoms with Crippen molar-refractivity contribution in [3.05, 3.63) is 84.4 Å². The number of rotatable bonds is 7. The van der Waals surface area contributed by atoms with E-state index in [9.17, 15) is 4.79 Å². The van der Waals surface area contributed by atoms with Gasteiger partial charge >= 0.3 is 0 Å². The highest BCUT2D eigenvalue weighted by Crippen LogP contribution is 2.31. The van der Waals surface area contributed by atoms with Gasteiger partial charge in [-0.1, -0.05) is 54.6 Å². The highest BCUT2D eigenvalue weighted by atomic mass is 16.6. The van der Waals surface area contributed by atoms with E-state index >= 15 is 0 Å². The topological polar surface area (TPSA) is 50.8 Å². The van der Waals surface area contributed by atoms with Gasteiger partial charge in [0.05, 0.1) is 0 Å². The van der Waals surface area contributed by atoms with Gasteiger partial charge in [-0.05, 0) is 73.7 Å². The van der Waals surface area contributed by atoms with E-state index in [-0.39, 0.29) is 12.0 Å². The molecule has 0 bridgehead atoms. The number of likely N-dealkylation sites (tertiary alicyclic amines) is 1. The number of benzene rings is 3. The molecule has 5 nitrogen and oxygen atoms in total. The van der Waals surface area contributed by atoms with Gasteiger partial charge in [0.1, 0.15) is 12.7 Å². The molecule has 0 spiro atoms. The van der Waals surface area contributed by atoms with Crippen LogP contribution in [-0.2, 0) is 0 Å². The highest BCUT2D eigenvalue weighted by molar-refractivity contribution is 5.94. The zero-order chi connectivity index (χ0) is 23.2. The minimum Gasteiger partial charge on any atom is -0.486 e. The van der Waals surface area contributed by atoms with Gasteiger partial charge in [0.15, 0.2) is 11.5 Å². The van der Waals surface area contributed by atoms with E-state index in [0.717, 1.165) is 68.1 Å². The fourth-order valence-corrected chi connectivity index (χ4v) is 4.84. The first-order valence-corrected chi connectivity index (χ1v) is 12.3. The lowest BCUT2D eigenvalue weighted by Crippen LogP contribution is -2.44. The van der Waals surface area contributed by atoms with Gasteiger partial charge in [-0.25, -0.2) is 0 Å². The van der Waals surface area contributed by atoms with Crippen molar-refractivity contribution in [1.29, 1.82) is 0 Å². The van der Waals surface area contributed by atoms with Crippen molar-refractivity contribution in [2.24, 2.45) is 5.92 Å². The van der Waals surface area contributed by atoms with E-state index in [4.69, 9.17) is 9.47 Å². The number of para-hydroxylation sites is 2. The first kappa shape index (κ1) is 22.5. The van der Waals surface area contributed by atoms with Gasteiger partial charge in [0.2, 0.25) is 0 Å². The lowest BCUT2D eigenvalue weighted by atomic mass is 9.93. The molecule has 1 N–H and O–H groups in total. The van der Waals surface area contributed by atoms with Crippen LogP contribution >= 0.6 is 0 Å². The molecule has 0 saturated carbocycles. The Kier molecular flexibility index (Phi) is 7.10. The molecule has 5 heteroatoms. The second-order valence-electron chi connectivity index (χ2n) is 9.23. The Balaban J connectivity index is 1.01. The highest BCUT2D eigenvalue weighted by Gasteiger charge is 2.26. The second-order valence-corrected chi connectivity index (χ2v) is 9.23. The number of carbonyl (C=O) groups is 1. The van der Waals surface area contributed by atoms with Crippen LogP contribution in [0.5, 0.6) is 11.5 Å². The lowest BCUT2D eigenvalue weighted by molar-refractivity contribution is 0.0472. The van der Waals surface area contributed by atoms with E-state index in [1.165, 1.54) is 0 Å². The van der Waals surface area contributed by atoms with Crippen LogP contribution in [0, 0.1) is 5.92 Å². The number of hydrogen-bond acceptors (Lipinski definition) is 4. The summed E-state index contributed by atoms with van der Waals surface area (Å²) in [4.78, 5) is 15.0. The van der Waals surface area contributed by atoms with E-state index in [1.54, 1.807) is 0 Å². The van der Waals surface area contributed by atoms with Crippen LogP contribution in [0.1, 0.15) is 29.6 Å². The summed E-state index contributed by atoms with van der Waals surface area (Å²) in [5.74, 6) is 2.35. The maximum absolute atomic E-state index is 12.6. The molecule has 0 aliphatic carbocycles. The van der Waals surface area contributed by atoms with Crippen LogP contribution in [0.4, 0.5) is 0 Å². The van der Waals surface area contributed by atoms with Crippen molar-refractivity contribution < 1.29 is 14.3 Å². The molecular weight excluding hydrogens is 424 g/mol. The summed E-state index contributed by atoms with van der Waals surface area (Å²) >= 11 is 0. The summed E-state index contributed by atoms with van der Waals surface area (Å²) in [5, 5.41) is 3.10. The summed E-state index contributed by atoms with van der Waals surface area (Å²) in [7, 11) is 0. The van der Waals surface area contributed by atoms with Crippen molar-refractivity contribution in [2.45, 2.75) is 25.4 Å². The summed E-state index contributed by atoms with van der Waals surface area (Å²) < 4.78 is 12.0. The average Bonchev–Trinajstić information content (AvgIpc) is 2.90. The van der Waals surface area contributed by atoms with Gasteiger partial charge in [-0.3, -0.25) is 9.69 Å². The molecule has 2 aliphatic heterocycles. The van der Waals surface area contributed by atoms with E-state index in [0.29, 0.717) is 18.1 Å². The van der Waals surface area contributed by atoms with Gasteiger partial charge in [-0.2, -0.15) is 0 Å². The molecule has 1 atom stereocenters. The molecule has 2 aliphatic rings. The van der Waals surface area contributed by atoms with E-state index < -0.39 is 0 Å². The number of carbonyl (C=O) groups excluding carboxylic acids is 1. The van der Waals surface area contributed by atoms with Crippen molar-refractivity contribution in [1.82, 2.24) is 10.2 Å². The number of fused-ring (bicyclic) bond motifs is 1. The molecule has 176 valence electrons.